The van der Waals surface area contributed by atoms with Gasteiger partial charge in [-0.25, -0.2) is 4.99 Å². The molecule has 3 aromatic rings. The molecule has 0 fully saturated rings. The lowest BCUT2D eigenvalue weighted by Gasteiger charge is -2.19. The summed E-state index contributed by atoms with van der Waals surface area (Å²) in [6.07, 6.45) is 1.54. The first-order valence-corrected chi connectivity index (χ1v) is 9.49. The van der Waals surface area contributed by atoms with E-state index in [1.807, 2.05) is 31.2 Å². The second kappa shape index (κ2) is 9.28. The minimum absolute atomic E-state index is 0.181. The van der Waals surface area contributed by atoms with E-state index >= 15 is 0 Å². The quantitative estimate of drug-likeness (QED) is 0.317. The first-order valence-electron chi connectivity index (χ1n) is 9.49. The lowest BCUT2D eigenvalue weighted by atomic mass is 10.0. The Hall–Kier alpha value is -2.99. The van der Waals surface area contributed by atoms with Gasteiger partial charge in [0.2, 0.25) is 0 Å². The number of rotatable bonds is 8. The van der Waals surface area contributed by atoms with Crippen LogP contribution in [0.1, 0.15) is 19.6 Å². The van der Waals surface area contributed by atoms with Gasteiger partial charge < -0.3 is 24.9 Å². The van der Waals surface area contributed by atoms with Crippen LogP contribution in [0, 0.1) is 0 Å². The maximum Gasteiger partial charge on any atom is 0.191 e. The van der Waals surface area contributed by atoms with Crippen LogP contribution < -0.4 is 15.4 Å². The van der Waals surface area contributed by atoms with Crippen LogP contribution in [0.15, 0.2) is 70.3 Å². The summed E-state index contributed by atoms with van der Waals surface area (Å²) in [7, 11) is 0. The Morgan fingerprint density at radius 1 is 1.11 bits per heavy atom. The van der Waals surface area contributed by atoms with Gasteiger partial charge in [-0.3, -0.25) is 0 Å². The molecule has 3 N–H and O–H groups in total. The number of ether oxygens (including phenoxy) is 1. The van der Waals surface area contributed by atoms with Crippen LogP contribution in [0.4, 0.5) is 0 Å². The van der Waals surface area contributed by atoms with Crippen molar-refractivity contribution in [1.82, 2.24) is 10.6 Å². The molecule has 28 heavy (non-hydrogen) atoms. The van der Waals surface area contributed by atoms with Crippen LogP contribution in [0.3, 0.4) is 0 Å². The molecule has 0 saturated heterocycles. The highest BCUT2D eigenvalue weighted by Gasteiger charge is 2.26. The number of nitrogens with zero attached hydrogens (tertiary/aromatic N) is 1. The summed E-state index contributed by atoms with van der Waals surface area (Å²) in [5.74, 6) is 1.98. The zero-order valence-electron chi connectivity index (χ0n) is 16.3. The highest BCUT2D eigenvalue weighted by molar-refractivity contribution is 5.88. The van der Waals surface area contributed by atoms with E-state index in [1.165, 1.54) is 0 Å². The molecule has 0 spiro atoms. The van der Waals surface area contributed by atoms with Gasteiger partial charge in [0, 0.05) is 11.9 Å². The maximum absolute atomic E-state index is 10.5. The number of fused-ring (bicyclic) bond motifs is 1. The fraction of sp³-hybridized carbons (Fsp3) is 0.318. The smallest absolute Gasteiger partial charge is 0.191 e. The predicted octanol–water partition coefficient (Wildman–Crippen LogP) is 3.27. The van der Waals surface area contributed by atoms with E-state index in [9.17, 15) is 5.11 Å². The first kappa shape index (κ1) is 19.8. The summed E-state index contributed by atoms with van der Waals surface area (Å²) in [6, 6.07) is 17.7. The Morgan fingerprint density at radius 2 is 1.93 bits per heavy atom. The normalized spacial score (nSPS) is 13.9. The number of nitrogens with one attached hydrogen (secondary N) is 2. The summed E-state index contributed by atoms with van der Waals surface area (Å²) in [4.78, 5) is 4.46. The van der Waals surface area contributed by atoms with Gasteiger partial charge >= 0.3 is 0 Å². The number of hydrogen-bond donors (Lipinski definition) is 3. The van der Waals surface area contributed by atoms with Crippen molar-refractivity contribution in [1.29, 1.82) is 0 Å². The van der Waals surface area contributed by atoms with Gasteiger partial charge in [0.1, 0.15) is 23.7 Å². The largest absolute Gasteiger partial charge is 0.491 e. The van der Waals surface area contributed by atoms with Crippen LogP contribution in [-0.4, -0.2) is 37.3 Å². The molecule has 0 bridgehead atoms. The molecule has 148 valence electrons. The van der Waals surface area contributed by atoms with Crippen LogP contribution >= 0.6 is 0 Å². The number of hydrogen-bond acceptors (Lipinski definition) is 4. The maximum atomic E-state index is 10.5. The molecule has 3 rings (SSSR count). The third kappa shape index (κ3) is 5.04. The summed E-state index contributed by atoms with van der Waals surface area (Å²) in [5, 5.41) is 19.2. The van der Waals surface area contributed by atoms with E-state index in [-0.39, 0.29) is 6.54 Å². The van der Waals surface area contributed by atoms with Crippen molar-refractivity contribution < 1.29 is 14.3 Å². The average molecular weight is 381 g/mol. The lowest BCUT2D eigenvalue weighted by Crippen LogP contribution is -2.40. The Morgan fingerprint density at radius 3 is 2.71 bits per heavy atom. The fourth-order valence-corrected chi connectivity index (χ4v) is 2.89. The second-order valence-corrected chi connectivity index (χ2v) is 6.70. The molecule has 0 amide bonds. The second-order valence-electron chi connectivity index (χ2n) is 6.70. The van der Waals surface area contributed by atoms with Crippen LogP contribution in [0.25, 0.3) is 10.8 Å². The highest BCUT2D eigenvalue weighted by Crippen LogP contribution is 2.25. The molecule has 2 aromatic carbocycles. The van der Waals surface area contributed by atoms with E-state index < -0.39 is 5.60 Å². The third-order valence-electron chi connectivity index (χ3n) is 4.34. The molecule has 0 aliphatic carbocycles. The third-order valence-corrected chi connectivity index (χ3v) is 4.34. The van der Waals surface area contributed by atoms with E-state index in [0.717, 1.165) is 23.1 Å². The molecule has 1 heterocycles. The Bertz CT molecular complexity index is 899. The van der Waals surface area contributed by atoms with Gasteiger partial charge in [-0.05, 0) is 37.4 Å². The van der Waals surface area contributed by atoms with Crippen LogP contribution in [-0.2, 0) is 5.60 Å². The number of furan rings is 1. The van der Waals surface area contributed by atoms with E-state index in [2.05, 4.69) is 33.8 Å². The SMILES string of the molecule is CCNC(=NCC(C)(O)c1ccco1)NCCOc1cccc2ccccc12. The molecule has 0 radical (unpaired) electrons. The fourth-order valence-electron chi connectivity index (χ4n) is 2.89. The van der Waals surface area contributed by atoms with Crippen molar-refractivity contribution in [3.8, 4) is 5.75 Å². The Labute approximate surface area is 165 Å². The Kier molecular flexibility index (Phi) is 6.55. The molecule has 1 unspecified atom stereocenters. The zero-order chi connectivity index (χ0) is 19.8. The minimum atomic E-state index is -1.16. The van der Waals surface area contributed by atoms with Crippen molar-refractivity contribution in [3.63, 3.8) is 0 Å². The zero-order valence-corrected chi connectivity index (χ0v) is 16.3. The van der Waals surface area contributed by atoms with E-state index in [4.69, 9.17) is 9.15 Å². The molecule has 0 aliphatic heterocycles. The molecule has 6 nitrogen and oxygen atoms in total. The summed E-state index contributed by atoms with van der Waals surface area (Å²) in [6.45, 7) is 5.65. The van der Waals surface area contributed by atoms with Crippen LogP contribution in [0.2, 0.25) is 0 Å². The molecule has 0 saturated carbocycles. The topological polar surface area (TPSA) is 79.0 Å². The minimum Gasteiger partial charge on any atom is -0.491 e. The number of guanidine groups is 1. The van der Waals surface area contributed by atoms with Gasteiger partial charge in [-0.2, -0.15) is 0 Å². The van der Waals surface area contributed by atoms with E-state index in [0.29, 0.717) is 24.9 Å². The highest BCUT2D eigenvalue weighted by atomic mass is 16.5. The van der Waals surface area contributed by atoms with E-state index in [1.54, 1.807) is 25.3 Å². The van der Waals surface area contributed by atoms with Crippen LogP contribution in [0.5, 0.6) is 5.75 Å². The number of aliphatic hydroxyl groups is 1. The summed E-state index contributed by atoms with van der Waals surface area (Å²) < 4.78 is 11.2. The van der Waals surface area contributed by atoms with Gasteiger partial charge in [-0.1, -0.05) is 36.4 Å². The molecular formula is C22H27N3O3. The Balaban J connectivity index is 1.55. The van der Waals surface area contributed by atoms with Crippen molar-refractivity contribution in [2.45, 2.75) is 19.4 Å². The van der Waals surface area contributed by atoms with Crippen molar-refractivity contribution in [3.05, 3.63) is 66.6 Å². The molecular weight excluding hydrogens is 354 g/mol. The van der Waals surface area contributed by atoms with Gasteiger partial charge in [-0.15, -0.1) is 0 Å². The molecule has 6 heteroatoms. The summed E-state index contributed by atoms with van der Waals surface area (Å²) >= 11 is 0. The van der Waals surface area contributed by atoms with Crippen molar-refractivity contribution in [2.75, 3.05) is 26.2 Å². The van der Waals surface area contributed by atoms with Gasteiger partial charge in [0.25, 0.3) is 0 Å². The van der Waals surface area contributed by atoms with Crippen molar-refractivity contribution in [2.24, 2.45) is 4.99 Å². The standard InChI is InChI=1S/C22H27N3O3/c1-3-23-21(25-16-22(2,26)20-12-7-14-28-20)24-13-15-27-19-11-6-9-17-8-4-5-10-18(17)19/h4-12,14,26H,3,13,15-16H2,1-2H3,(H2,23,24,25). The van der Waals surface area contributed by atoms with Gasteiger partial charge in [0.05, 0.1) is 19.4 Å². The molecule has 1 aromatic heterocycles. The summed E-state index contributed by atoms with van der Waals surface area (Å²) in [5.41, 5.74) is -1.16. The molecule has 0 aliphatic rings. The predicted molar refractivity (Wildman–Crippen MR) is 112 cm³/mol. The van der Waals surface area contributed by atoms with Gasteiger partial charge in [0.15, 0.2) is 5.96 Å². The number of benzene rings is 2. The lowest BCUT2D eigenvalue weighted by molar-refractivity contribution is 0.0437. The number of aliphatic imine (C=N–C) groups is 1. The van der Waals surface area contributed by atoms with Crippen molar-refractivity contribution >= 4 is 16.7 Å². The average Bonchev–Trinajstić information content (AvgIpc) is 3.25. The first-order chi connectivity index (χ1) is 13.6. The molecule has 1 atom stereocenters. The monoisotopic (exact) mass is 381 g/mol.